The summed E-state index contributed by atoms with van der Waals surface area (Å²) in [6.45, 7) is 0. The molecule has 13 heteroatoms. The molecule has 4 aromatic rings. The van der Waals surface area contributed by atoms with Gasteiger partial charge in [0.25, 0.3) is 21.6 Å². The van der Waals surface area contributed by atoms with Crippen molar-refractivity contribution in [1.82, 2.24) is 14.5 Å². The smallest absolute Gasteiger partial charge is 0.271 e. The van der Waals surface area contributed by atoms with Crippen molar-refractivity contribution in [3.8, 4) is 11.6 Å². The predicted molar refractivity (Wildman–Crippen MR) is 126 cm³/mol. The van der Waals surface area contributed by atoms with Gasteiger partial charge in [0.05, 0.1) is 34.5 Å². The van der Waals surface area contributed by atoms with Crippen molar-refractivity contribution in [3.05, 3.63) is 95.2 Å². The largest absolute Gasteiger partial charge is 0.495 e. The SMILES string of the molecule is COc1ccc([N+](=O)[O-])cc1NS(=O)(=O)c1ccc(C(=O)Nc2ccc(-n3ccnc3)nc2)cc1. The van der Waals surface area contributed by atoms with E-state index in [1.807, 2.05) is 0 Å². The molecule has 35 heavy (non-hydrogen) atoms. The molecular formula is C22H18N6O6S. The molecule has 0 aliphatic carbocycles. The Balaban J connectivity index is 1.47. The van der Waals surface area contributed by atoms with Crippen molar-refractivity contribution < 1.29 is 22.9 Å². The number of pyridine rings is 1. The van der Waals surface area contributed by atoms with Crippen LogP contribution in [0.15, 0.2) is 84.4 Å². The van der Waals surface area contributed by atoms with Gasteiger partial charge in [0.15, 0.2) is 0 Å². The monoisotopic (exact) mass is 494 g/mol. The molecule has 0 aliphatic rings. The van der Waals surface area contributed by atoms with E-state index < -0.39 is 20.9 Å². The number of carbonyl (C=O) groups is 1. The Bertz CT molecular complexity index is 1470. The Morgan fingerprint density at radius 1 is 1.11 bits per heavy atom. The van der Waals surface area contributed by atoms with Gasteiger partial charge in [0, 0.05) is 30.1 Å². The van der Waals surface area contributed by atoms with Crippen LogP contribution in [0.5, 0.6) is 5.75 Å². The molecule has 178 valence electrons. The van der Waals surface area contributed by atoms with E-state index in [0.29, 0.717) is 11.5 Å². The normalized spacial score (nSPS) is 11.0. The van der Waals surface area contributed by atoms with Crippen LogP contribution in [-0.2, 0) is 10.0 Å². The topological polar surface area (TPSA) is 158 Å². The zero-order valence-corrected chi connectivity index (χ0v) is 19.0. The number of benzene rings is 2. The van der Waals surface area contributed by atoms with Crippen molar-refractivity contribution in [3.63, 3.8) is 0 Å². The lowest BCUT2D eigenvalue weighted by molar-refractivity contribution is -0.384. The van der Waals surface area contributed by atoms with Gasteiger partial charge in [-0.2, -0.15) is 0 Å². The van der Waals surface area contributed by atoms with E-state index in [9.17, 15) is 23.3 Å². The minimum absolute atomic E-state index is 0.0878. The summed E-state index contributed by atoms with van der Waals surface area (Å²) < 4.78 is 34.7. The fourth-order valence-electron chi connectivity index (χ4n) is 3.09. The molecular weight excluding hydrogens is 476 g/mol. The Hall–Kier alpha value is -4.78. The molecule has 0 aliphatic heterocycles. The molecule has 0 fully saturated rings. The third-order valence-corrected chi connectivity index (χ3v) is 6.22. The average molecular weight is 494 g/mol. The summed E-state index contributed by atoms with van der Waals surface area (Å²) >= 11 is 0. The number of hydrogen-bond acceptors (Lipinski definition) is 8. The Morgan fingerprint density at radius 2 is 1.89 bits per heavy atom. The van der Waals surface area contributed by atoms with Crippen LogP contribution >= 0.6 is 0 Å². The zero-order valence-electron chi connectivity index (χ0n) is 18.2. The molecule has 2 N–H and O–H groups in total. The Morgan fingerprint density at radius 3 is 2.49 bits per heavy atom. The van der Waals surface area contributed by atoms with Crippen LogP contribution in [0, 0.1) is 10.1 Å². The molecule has 2 heterocycles. The maximum Gasteiger partial charge on any atom is 0.271 e. The first kappa shape index (κ1) is 23.4. The van der Waals surface area contributed by atoms with E-state index in [4.69, 9.17) is 4.74 Å². The van der Waals surface area contributed by atoms with Crippen LogP contribution in [0.25, 0.3) is 5.82 Å². The summed E-state index contributed by atoms with van der Waals surface area (Å²) in [5, 5.41) is 13.7. The predicted octanol–water partition coefficient (Wildman–Crippen LogP) is 3.24. The first-order valence-corrected chi connectivity index (χ1v) is 11.5. The van der Waals surface area contributed by atoms with Crippen LogP contribution in [-0.4, -0.2) is 40.9 Å². The number of anilines is 2. The summed E-state index contributed by atoms with van der Waals surface area (Å²) in [6.07, 6.45) is 6.44. The summed E-state index contributed by atoms with van der Waals surface area (Å²) in [5.41, 5.74) is 0.281. The van der Waals surface area contributed by atoms with Crippen molar-refractivity contribution in [2.75, 3.05) is 17.1 Å². The van der Waals surface area contributed by atoms with E-state index in [1.54, 1.807) is 35.4 Å². The highest BCUT2D eigenvalue weighted by molar-refractivity contribution is 7.92. The standard InChI is InChI=1S/C22H18N6O6S/c1-34-20-8-5-17(28(30)31)12-19(20)26-35(32,33)18-6-2-15(3-7-18)22(29)25-16-4-9-21(24-13-16)27-11-10-23-14-27/h2-14,26H,1H3,(H,25,29). The lowest BCUT2D eigenvalue weighted by Crippen LogP contribution is -2.15. The fraction of sp³-hybridized carbons (Fsp3) is 0.0455. The lowest BCUT2D eigenvalue weighted by atomic mass is 10.2. The highest BCUT2D eigenvalue weighted by atomic mass is 32.2. The van der Waals surface area contributed by atoms with Gasteiger partial charge < -0.3 is 10.1 Å². The number of amides is 1. The van der Waals surface area contributed by atoms with Crippen LogP contribution in [0.3, 0.4) is 0 Å². The van der Waals surface area contributed by atoms with E-state index in [2.05, 4.69) is 20.0 Å². The molecule has 0 spiro atoms. The lowest BCUT2D eigenvalue weighted by Gasteiger charge is -2.12. The zero-order chi connectivity index (χ0) is 25.0. The van der Waals surface area contributed by atoms with Gasteiger partial charge in [0.2, 0.25) is 0 Å². The number of hydrogen-bond donors (Lipinski definition) is 2. The van der Waals surface area contributed by atoms with Crippen LogP contribution in [0.2, 0.25) is 0 Å². The minimum atomic E-state index is -4.12. The van der Waals surface area contributed by atoms with Gasteiger partial charge >= 0.3 is 0 Å². The van der Waals surface area contributed by atoms with Crippen molar-refractivity contribution in [2.45, 2.75) is 4.90 Å². The molecule has 0 bridgehead atoms. The number of ether oxygens (including phenoxy) is 1. The first-order valence-electron chi connectivity index (χ1n) is 9.98. The van der Waals surface area contributed by atoms with Crippen LogP contribution in [0.1, 0.15) is 10.4 Å². The minimum Gasteiger partial charge on any atom is -0.495 e. The molecule has 0 unspecified atom stereocenters. The fourth-order valence-corrected chi connectivity index (χ4v) is 4.15. The van der Waals surface area contributed by atoms with Gasteiger partial charge in [0.1, 0.15) is 17.9 Å². The van der Waals surface area contributed by atoms with Crippen molar-refractivity contribution in [1.29, 1.82) is 0 Å². The summed E-state index contributed by atoms with van der Waals surface area (Å²) in [4.78, 5) is 31.0. The number of sulfonamides is 1. The number of non-ortho nitro benzene ring substituents is 1. The average Bonchev–Trinajstić information content (AvgIpc) is 3.39. The quantitative estimate of drug-likeness (QED) is 0.279. The number of methoxy groups -OCH3 is 1. The molecule has 0 atom stereocenters. The van der Waals surface area contributed by atoms with E-state index in [-0.39, 0.29) is 27.6 Å². The van der Waals surface area contributed by atoms with Crippen LogP contribution in [0.4, 0.5) is 17.1 Å². The van der Waals surface area contributed by atoms with Gasteiger partial charge in [-0.1, -0.05) is 0 Å². The van der Waals surface area contributed by atoms with Gasteiger partial charge in [-0.3, -0.25) is 24.2 Å². The number of nitro benzene ring substituents is 1. The van der Waals surface area contributed by atoms with Gasteiger partial charge in [-0.25, -0.2) is 18.4 Å². The third-order valence-electron chi connectivity index (χ3n) is 4.84. The van der Waals surface area contributed by atoms with Gasteiger partial charge in [-0.15, -0.1) is 0 Å². The number of imidazole rings is 1. The number of aromatic nitrogens is 3. The second kappa shape index (κ2) is 9.61. The maximum atomic E-state index is 12.8. The second-order valence-corrected chi connectivity index (χ2v) is 8.78. The molecule has 4 rings (SSSR count). The molecule has 12 nitrogen and oxygen atoms in total. The van der Waals surface area contributed by atoms with E-state index in [1.165, 1.54) is 49.7 Å². The van der Waals surface area contributed by atoms with E-state index >= 15 is 0 Å². The maximum absolute atomic E-state index is 12.8. The van der Waals surface area contributed by atoms with Crippen LogP contribution < -0.4 is 14.8 Å². The second-order valence-electron chi connectivity index (χ2n) is 7.10. The number of carbonyl (C=O) groups excluding carboxylic acids is 1. The van der Waals surface area contributed by atoms with Crippen molar-refractivity contribution in [2.24, 2.45) is 0 Å². The summed E-state index contributed by atoms with van der Waals surface area (Å²) in [6, 6.07) is 12.1. The molecule has 2 aromatic carbocycles. The summed E-state index contributed by atoms with van der Waals surface area (Å²) in [7, 11) is -2.81. The summed E-state index contributed by atoms with van der Waals surface area (Å²) in [5.74, 6) is 0.283. The highest BCUT2D eigenvalue weighted by Gasteiger charge is 2.20. The highest BCUT2D eigenvalue weighted by Crippen LogP contribution is 2.31. The molecule has 0 radical (unpaired) electrons. The molecule has 0 saturated heterocycles. The Labute approximate surface area is 199 Å². The first-order chi connectivity index (χ1) is 16.8. The third kappa shape index (κ3) is 5.25. The molecule has 2 aromatic heterocycles. The number of nitro groups is 1. The number of rotatable bonds is 8. The van der Waals surface area contributed by atoms with E-state index in [0.717, 1.165) is 6.07 Å². The number of nitrogens with zero attached hydrogens (tertiary/aromatic N) is 4. The number of nitrogens with one attached hydrogen (secondary N) is 2. The Kier molecular flexibility index (Phi) is 6.42. The molecule has 0 saturated carbocycles. The van der Waals surface area contributed by atoms with Crippen molar-refractivity contribution >= 4 is 33.0 Å². The molecule has 1 amide bonds. The van der Waals surface area contributed by atoms with Gasteiger partial charge in [-0.05, 0) is 42.5 Å².